The van der Waals surface area contributed by atoms with E-state index < -0.39 is 29.3 Å². The SMILES string of the molecule is CCC/C=C\[C@@H](O)C1(C(=O)OC(C)C)C=CCN1C(=O)OC(C)(C)C. The van der Waals surface area contributed by atoms with E-state index in [9.17, 15) is 14.7 Å². The van der Waals surface area contributed by atoms with Gasteiger partial charge >= 0.3 is 12.1 Å². The standard InChI is InChI=1S/C19H31NO5/c1-7-8-9-11-15(21)19(16(22)24-14(2)3)12-10-13-20(19)17(23)25-18(4,5)6/h9-12,14-15,21H,7-8,13H2,1-6H3/b11-9-/t15-,19?/m1/s1. The molecular weight excluding hydrogens is 322 g/mol. The number of unbranched alkanes of at least 4 members (excludes halogenated alkanes) is 1. The van der Waals surface area contributed by atoms with Gasteiger partial charge in [0, 0.05) is 6.54 Å². The van der Waals surface area contributed by atoms with Crippen LogP contribution in [-0.4, -0.2) is 52.0 Å². The summed E-state index contributed by atoms with van der Waals surface area (Å²) in [6.45, 7) is 10.9. The summed E-state index contributed by atoms with van der Waals surface area (Å²) < 4.78 is 10.8. The molecule has 2 atom stereocenters. The first kappa shape index (κ1) is 21.2. The molecular formula is C19H31NO5. The molecule has 1 aliphatic rings. The third-order valence-corrected chi connectivity index (χ3v) is 3.61. The summed E-state index contributed by atoms with van der Waals surface area (Å²) >= 11 is 0. The number of aliphatic hydroxyl groups is 1. The molecule has 0 aromatic heterocycles. The van der Waals surface area contributed by atoms with Gasteiger partial charge in [-0.2, -0.15) is 0 Å². The lowest BCUT2D eigenvalue weighted by Gasteiger charge is -2.39. The molecule has 1 rings (SSSR count). The molecule has 0 aromatic rings. The number of hydrogen-bond donors (Lipinski definition) is 1. The molecule has 1 N–H and O–H groups in total. The number of ether oxygens (including phenoxy) is 2. The van der Waals surface area contributed by atoms with E-state index in [2.05, 4.69) is 0 Å². The number of allylic oxidation sites excluding steroid dienone is 1. The number of esters is 1. The summed E-state index contributed by atoms with van der Waals surface area (Å²) in [5, 5.41) is 10.7. The van der Waals surface area contributed by atoms with Gasteiger partial charge in [0.1, 0.15) is 11.7 Å². The fourth-order valence-corrected chi connectivity index (χ4v) is 2.53. The van der Waals surface area contributed by atoms with Gasteiger partial charge in [-0.15, -0.1) is 0 Å². The number of amides is 1. The lowest BCUT2D eigenvalue weighted by Crippen LogP contribution is -2.61. The molecule has 0 fully saturated rings. The minimum absolute atomic E-state index is 0.167. The average molecular weight is 353 g/mol. The zero-order valence-electron chi connectivity index (χ0n) is 16.1. The van der Waals surface area contributed by atoms with Crippen molar-refractivity contribution in [3.8, 4) is 0 Å². The third kappa shape index (κ3) is 5.33. The van der Waals surface area contributed by atoms with E-state index in [-0.39, 0.29) is 12.6 Å². The summed E-state index contributed by atoms with van der Waals surface area (Å²) in [5.74, 6) is -0.671. The lowest BCUT2D eigenvalue weighted by atomic mass is 9.91. The fraction of sp³-hybridized carbons (Fsp3) is 0.684. The average Bonchev–Trinajstić information content (AvgIpc) is 2.90. The van der Waals surface area contributed by atoms with Gasteiger partial charge in [0.25, 0.3) is 0 Å². The van der Waals surface area contributed by atoms with Gasteiger partial charge in [0.2, 0.25) is 0 Å². The molecule has 6 nitrogen and oxygen atoms in total. The fourth-order valence-electron chi connectivity index (χ4n) is 2.53. The number of nitrogens with zero attached hydrogens (tertiary/aromatic N) is 1. The van der Waals surface area contributed by atoms with E-state index in [1.807, 2.05) is 6.92 Å². The highest BCUT2D eigenvalue weighted by Crippen LogP contribution is 2.32. The molecule has 0 aromatic carbocycles. The number of aliphatic hydroxyl groups excluding tert-OH is 1. The Labute approximate surface area is 150 Å². The highest BCUT2D eigenvalue weighted by Gasteiger charge is 2.54. The van der Waals surface area contributed by atoms with Crippen molar-refractivity contribution in [3.63, 3.8) is 0 Å². The Bertz CT molecular complexity index is 532. The Morgan fingerprint density at radius 2 is 2.00 bits per heavy atom. The number of carbonyl (C=O) groups excluding carboxylic acids is 2. The maximum atomic E-state index is 12.8. The minimum atomic E-state index is -1.61. The zero-order chi connectivity index (χ0) is 19.3. The number of hydrogen-bond acceptors (Lipinski definition) is 5. The summed E-state index contributed by atoms with van der Waals surface area (Å²) in [6.07, 6.45) is 5.96. The van der Waals surface area contributed by atoms with Gasteiger partial charge in [-0.3, -0.25) is 4.90 Å². The molecule has 1 unspecified atom stereocenters. The van der Waals surface area contributed by atoms with Crippen LogP contribution in [0.1, 0.15) is 54.4 Å². The largest absolute Gasteiger partial charge is 0.461 e. The van der Waals surface area contributed by atoms with E-state index in [1.165, 1.54) is 17.1 Å². The smallest absolute Gasteiger partial charge is 0.411 e. The van der Waals surface area contributed by atoms with Gasteiger partial charge in [-0.25, -0.2) is 9.59 Å². The minimum Gasteiger partial charge on any atom is -0.461 e. The molecule has 1 heterocycles. The normalized spacial score (nSPS) is 21.8. The Balaban J connectivity index is 3.21. The van der Waals surface area contributed by atoms with E-state index >= 15 is 0 Å². The van der Waals surface area contributed by atoms with Gasteiger partial charge < -0.3 is 14.6 Å². The van der Waals surface area contributed by atoms with Crippen LogP contribution >= 0.6 is 0 Å². The zero-order valence-corrected chi connectivity index (χ0v) is 16.1. The molecule has 6 heteroatoms. The second-order valence-electron chi connectivity index (χ2n) is 7.43. The van der Waals surface area contributed by atoms with Crippen molar-refractivity contribution in [2.75, 3.05) is 6.54 Å². The summed E-state index contributed by atoms with van der Waals surface area (Å²) in [5.41, 5.74) is -2.33. The number of carbonyl (C=O) groups is 2. The van der Waals surface area contributed by atoms with Gasteiger partial charge in [-0.05, 0) is 47.1 Å². The Hall–Kier alpha value is -1.82. The monoisotopic (exact) mass is 353 g/mol. The summed E-state index contributed by atoms with van der Waals surface area (Å²) in [4.78, 5) is 26.7. The van der Waals surface area contributed by atoms with E-state index in [4.69, 9.17) is 9.47 Å². The van der Waals surface area contributed by atoms with E-state index in [0.717, 1.165) is 12.8 Å². The molecule has 0 saturated carbocycles. The first-order chi connectivity index (χ1) is 11.5. The van der Waals surface area contributed by atoms with Crippen LogP contribution in [0.15, 0.2) is 24.3 Å². The van der Waals surface area contributed by atoms with Crippen LogP contribution in [0.3, 0.4) is 0 Å². The molecule has 0 aliphatic carbocycles. The number of rotatable bonds is 6. The third-order valence-electron chi connectivity index (χ3n) is 3.61. The highest BCUT2D eigenvalue weighted by molar-refractivity contribution is 5.90. The van der Waals surface area contributed by atoms with Crippen molar-refractivity contribution in [1.29, 1.82) is 0 Å². The molecule has 1 amide bonds. The van der Waals surface area contributed by atoms with Crippen LogP contribution < -0.4 is 0 Å². The van der Waals surface area contributed by atoms with Crippen LogP contribution in [-0.2, 0) is 14.3 Å². The van der Waals surface area contributed by atoms with Crippen LogP contribution in [0.2, 0.25) is 0 Å². The summed E-state index contributed by atoms with van der Waals surface area (Å²) in [6, 6.07) is 0. The molecule has 0 radical (unpaired) electrons. The topological polar surface area (TPSA) is 76.1 Å². The van der Waals surface area contributed by atoms with Crippen molar-refractivity contribution in [3.05, 3.63) is 24.3 Å². The van der Waals surface area contributed by atoms with Crippen LogP contribution in [0.5, 0.6) is 0 Å². The van der Waals surface area contributed by atoms with Gasteiger partial charge in [0.05, 0.1) is 6.10 Å². The summed E-state index contributed by atoms with van der Waals surface area (Å²) in [7, 11) is 0. The Kier molecular flexibility index (Phi) is 7.23. The Morgan fingerprint density at radius 3 is 2.52 bits per heavy atom. The lowest BCUT2D eigenvalue weighted by molar-refractivity contribution is -0.162. The quantitative estimate of drug-likeness (QED) is 0.586. The second kappa shape index (κ2) is 8.52. The Morgan fingerprint density at radius 1 is 1.36 bits per heavy atom. The molecule has 142 valence electrons. The first-order valence-electron chi connectivity index (χ1n) is 8.78. The van der Waals surface area contributed by atoms with Crippen molar-refractivity contribution in [2.24, 2.45) is 0 Å². The van der Waals surface area contributed by atoms with Crippen LogP contribution in [0.4, 0.5) is 4.79 Å². The van der Waals surface area contributed by atoms with Gasteiger partial charge in [-0.1, -0.05) is 31.6 Å². The van der Waals surface area contributed by atoms with Crippen molar-refractivity contribution in [2.45, 2.75) is 77.7 Å². The van der Waals surface area contributed by atoms with Crippen molar-refractivity contribution < 1.29 is 24.2 Å². The van der Waals surface area contributed by atoms with Crippen LogP contribution in [0, 0.1) is 0 Å². The van der Waals surface area contributed by atoms with E-state index in [0.29, 0.717) is 0 Å². The maximum absolute atomic E-state index is 12.8. The highest BCUT2D eigenvalue weighted by atomic mass is 16.6. The molecule has 25 heavy (non-hydrogen) atoms. The van der Waals surface area contributed by atoms with Crippen LogP contribution in [0.25, 0.3) is 0 Å². The molecule has 1 aliphatic heterocycles. The predicted octanol–water partition coefficient (Wildman–Crippen LogP) is 3.20. The maximum Gasteiger partial charge on any atom is 0.411 e. The molecule has 0 saturated heterocycles. The second-order valence-corrected chi connectivity index (χ2v) is 7.43. The van der Waals surface area contributed by atoms with Gasteiger partial charge in [0.15, 0.2) is 5.54 Å². The van der Waals surface area contributed by atoms with E-state index in [1.54, 1.807) is 46.8 Å². The molecule has 0 bridgehead atoms. The first-order valence-corrected chi connectivity index (χ1v) is 8.78. The van der Waals surface area contributed by atoms with Crippen molar-refractivity contribution >= 4 is 12.1 Å². The van der Waals surface area contributed by atoms with Crippen molar-refractivity contribution in [1.82, 2.24) is 4.90 Å². The molecule has 0 spiro atoms. The predicted molar refractivity (Wildman–Crippen MR) is 96.1 cm³/mol.